The summed E-state index contributed by atoms with van der Waals surface area (Å²) < 4.78 is 162. The van der Waals surface area contributed by atoms with Gasteiger partial charge in [-0.05, 0) is 171 Å². The highest BCUT2D eigenvalue weighted by Crippen LogP contribution is 2.39. The van der Waals surface area contributed by atoms with Gasteiger partial charge in [-0.2, -0.15) is 57.1 Å². The molecule has 0 saturated heterocycles. The monoisotopic (exact) mass is 1510 g/mol. The molecule has 0 unspecified atom stereocenters. The smallest absolute Gasteiger partial charge is 0.400 e. The van der Waals surface area contributed by atoms with Crippen molar-refractivity contribution in [1.82, 2.24) is 20.2 Å². The molecule has 0 fully saturated rings. The van der Waals surface area contributed by atoms with Crippen LogP contribution in [0.25, 0.3) is 0 Å². The average molecular weight is 1510 g/mol. The molecule has 0 spiro atoms. The average Bonchev–Trinajstić information content (AvgIpc) is 0.828. The molecule has 2 heterocycles. The largest absolute Gasteiger partial charge is 0.416 e. The SMILES string of the molecule is CCN(CC)CC.CCN(CC)c1ccc(C(F)(F)F)cc1N.CCN(CC)c1ccc(C(F)(F)F)cc1NC(=O)c1ccncc1.CCN(CC)c1ccc(C(F)(F)F)cc1[N+](=O)[O-].CCNCC.CO.Cl.ClCCl.O=C(Cl)c1ccncc1.O=[N+]([O-])c1cc(C(F)(F)F)ccc1F. The second-order valence-electron chi connectivity index (χ2n) is 18.8. The maximum atomic E-state index is 13.0. The Hall–Kier alpha value is -7.55. The third-order valence-electron chi connectivity index (χ3n) is 12.9. The Balaban J connectivity index is -0.000000547. The van der Waals surface area contributed by atoms with Crippen molar-refractivity contribution in [2.75, 3.05) is 110 Å². The predicted molar refractivity (Wildman–Crippen MR) is 370 cm³/mol. The van der Waals surface area contributed by atoms with Crippen LogP contribution in [0.2, 0.25) is 0 Å². The summed E-state index contributed by atoms with van der Waals surface area (Å²) in [6, 6.07) is 16.6. The van der Waals surface area contributed by atoms with E-state index in [1.54, 1.807) is 30.9 Å². The molecule has 0 aliphatic rings. The highest BCUT2D eigenvalue weighted by atomic mass is 35.5. The Labute approximate surface area is 589 Å². The first kappa shape index (κ1) is 97.8. The van der Waals surface area contributed by atoms with Crippen molar-refractivity contribution in [3.63, 3.8) is 0 Å². The minimum atomic E-state index is -4.71. The van der Waals surface area contributed by atoms with Crippen LogP contribution < -0.4 is 31.1 Å². The zero-order chi connectivity index (χ0) is 76.2. The predicted octanol–water partition coefficient (Wildman–Crippen LogP) is 18.4. The number of benzene rings is 4. The summed E-state index contributed by atoms with van der Waals surface area (Å²) in [6.45, 7) is 31.4. The van der Waals surface area contributed by atoms with Crippen molar-refractivity contribution in [1.29, 1.82) is 0 Å². The van der Waals surface area contributed by atoms with Crippen LogP contribution >= 0.6 is 47.2 Å². The molecule has 0 atom stereocenters. The number of halogens is 17. The van der Waals surface area contributed by atoms with Gasteiger partial charge in [-0.3, -0.25) is 39.8 Å². The van der Waals surface area contributed by atoms with Crippen LogP contribution in [0, 0.1) is 26.0 Å². The minimum Gasteiger partial charge on any atom is -0.400 e. The lowest BCUT2D eigenvalue weighted by Crippen LogP contribution is -2.24. The lowest BCUT2D eigenvalue weighted by Gasteiger charge is -2.25. The van der Waals surface area contributed by atoms with Crippen LogP contribution in [0.3, 0.4) is 0 Å². The van der Waals surface area contributed by atoms with E-state index in [-0.39, 0.29) is 40.9 Å². The summed E-state index contributed by atoms with van der Waals surface area (Å²) in [7, 11) is 1.00. The van der Waals surface area contributed by atoms with Crippen molar-refractivity contribution in [2.45, 2.75) is 101 Å². The van der Waals surface area contributed by atoms with Gasteiger partial charge < -0.3 is 41.1 Å². The minimum absolute atomic E-state index is 0. The van der Waals surface area contributed by atoms with E-state index in [1.165, 1.54) is 68.7 Å². The van der Waals surface area contributed by atoms with Gasteiger partial charge in [0.15, 0.2) is 0 Å². The molecule has 6 rings (SSSR count). The molecular weight excluding hydrogens is 1420 g/mol. The van der Waals surface area contributed by atoms with Gasteiger partial charge in [-0.25, -0.2) is 0 Å². The number of aromatic nitrogens is 2. The molecule has 2 aromatic heterocycles. The van der Waals surface area contributed by atoms with Crippen molar-refractivity contribution < 1.29 is 81.6 Å². The highest BCUT2D eigenvalue weighted by molar-refractivity contribution is 6.67. The lowest BCUT2D eigenvalue weighted by molar-refractivity contribution is -0.387. The summed E-state index contributed by atoms with van der Waals surface area (Å²) in [4.78, 5) is 57.0. The molecule has 0 aliphatic carbocycles. The summed E-state index contributed by atoms with van der Waals surface area (Å²) in [5, 5.41) is 33.4. The number of nitrogens with one attached hydrogen (secondary N) is 2. The summed E-state index contributed by atoms with van der Waals surface area (Å²) in [5.74, 6) is -1.77. The molecule has 35 heteroatoms. The van der Waals surface area contributed by atoms with Crippen molar-refractivity contribution in [3.8, 4) is 0 Å². The van der Waals surface area contributed by atoms with Gasteiger partial charge >= 0.3 is 30.4 Å². The van der Waals surface area contributed by atoms with Crippen molar-refractivity contribution in [2.24, 2.45) is 0 Å². The van der Waals surface area contributed by atoms with Gasteiger partial charge in [0.05, 0.1) is 60.2 Å². The van der Waals surface area contributed by atoms with Gasteiger partial charge in [-0.1, -0.05) is 34.6 Å². The number of nitrogens with two attached hydrogens (primary N) is 1. The molecule has 4 aromatic carbocycles. The Morgan fingerprint density at radius 2 is 0.808 bits per heavy atom. The van der Waals surface area contributed by atoms with Crippen LogP contribution in [-0.2, 0) is 24.7 Å². The molecule has 558 valence electrons. The number of anilines is 5. The number of nitrogens with zero attached hydrogens (tertiary/aromatic N) is 8. The zero-order valence-electron chi connectivity index (χ0n) is 56.5. The number of nitro benzene ring substituents is 2. The maximum Gasteiger partial charge on any atom is 0.416 e. The molecule has 0 radical (unpaired) electrons. The van der Waals surface area contributed by atoms with Crippen LogP contribution in [0.4, 0.5) is 96.9 Å². The Bertz CT molecular complexity index is 3200. The number of pyridine rings is 2. The summed E-state index contributed by atoms with van der Waals surface area (Å²) in [5.41, 5.74) is 2.68. The number of alkyl halides is 14. The third kappa shape index (κ3) is 38.0. The van der Waals surface area contributed by atoms with E-state index in [0.29, 0.717) is 80.0 Å². The van der Waals surface area contributed by atoms with Gasteiger partial charge in [0.25, 0.3) is 16.8 Å². The zero-order valence-corrected chi connectivity index (χ0v) is 59.6. The van der Waals surface area contributed by atoms with E-state index in [2.05, 4.69) is 60.1 Å². The van der Waals surface area contributed by atoms with E-state index in [9.17, 15) is 86.9 Å². The topological polar surface area (TPSA) is 229 Å². The van der Waals surface area contributed by atoms with E-state index >= 15 is 0 Å². The number of aliphatic hydroxyl groups is 1. The van der Waals surface area contributed by atoms with Crippen LogP contribution in [0.5, 0.6) is 0 Å². The second kappa shape index (κ2) is 51.6. The third-order valence-corrected chi connectivity index (χ3v) is 13.1. The van der Waals surface area contributed by atoms with Crippen LogP contribution in [-0.4, -0.2) is 125 Å². The normalized spacial score (nSPS) is 10.5. The molecule has 5 N–H and O–H groups in total. The molecule has 0 aliphatic heterocycles. The van der Waals surface area contributed by atoms with E-state index < -0.39 is 85.1 Å². The first-order valence-electron chi connectivity index (χ1n) is 30.0. The molecule has 1 amide bonds. The number of hydrogen-bond acceptors (Lipinski definition) is 15. The fourth-order valence-electron chi connectivity index (χ4n) is 7.84. The van der Waals surface area contributed by atoms with Crippen LogP contribution in [0.15, 0.2) is 122 Å². The number of nitro groups is 2. The number of rotatable bonds is 19. The highest BCUT2D eigenvalue weighted by Gasteiger charge is 2.36. The fourth-order valence-corrected chi connectivity index (χ4v) is 7.97. The molecular formula is C64H86Cl4F13N11O7. The van der Waals surface area contributed by atoms with Crippen molar-refractivity contribution in [3.05, 3.63) is 181 Å². The van der Waals surface area contributed by atoms with Gasteiger partial charge in [0.2, 0.25) is 5.82 Å². The second-order valence-corrected chi connectivity index (χ2v) is 19.9. The Morgan fingerprint density at radius 3 is 1.11 bits per heavy atom. The van der Waals surface area contributed by atoms with Gasteiger partial charge in [-0.15, -0.1) is 35.6 Å². The summed E-state index contributed by atoms with van der Waals surface area (Å²) >= 11 is 14.7. The number of hydrogen-bond donors (Lipinski definition) is 4. The van der Waals surface area contributed by atoms with Crippen LogP contribution in [0.1, 0.15) is 119 Å². The Kier molecular flexibility index (Phi) is 51.0. The fraction of sp³-hybridized carbons (Fsp3) is 0.438. The molecule has 18 nitrogen and oxygen atoms in total. The number of carbonyl (C=O) groups is 2. The number of carbonyl (C=O) groups excluding carboxylic acids is 2. The number of aliphatic hydroxyl groups excluding tert-OH is 1. The van der Waals surface area contributed by atoms with Crippen molar-refractivity contribution >= 4 is 98.2 Å². The van der Waals surface area contributed by atoms with Gasteiger partial charge in [0.1, 0.15) is 5.69 Å². The quantitative estimate of drug-likeness (QED) is 0.0148. The van der Waals surface area contributed by atoms with E-state index in [4.69, 9.17) is 45.6 Å². The summed E-state index contributed by atoms with van der Waals surface area (Å²) in [6.07, 6.45) is -12.2. The molecule has 6 aromatic rings. The molecule has 0 bridgehead atoms. The first-order valence-corrected chi connectivity index (χ1v) is 31.4. The van der Waals surface area contributed by atoms with E-state index in [1.807, 2.05) is 37.5 Å². The standard InChI is InChI=1S/C17H18F3N3O.C11H13F3N2O2.C11H15F3N2.C7H3F4NO2.C6H4ClNO.C6H15N.C4H11N.CH2Cl2.CH4O.ClH/c1-3-23(4-2)15-6-5-13(17(18,19)20)11-14(15)22-16(24)12-7-9-21-10-8-12;1-3-15(4-2)9-6-5-8(11(12,13)14)7-10(9)16(17)18;1-3-16(4-2)10-6-5-8(7-9(10)15)11(12,13)14;8-5-2-1-4(7(9,10)11)3-6(5)12(13)14;7-6(9)5-1-3-8-4-2-5;1-4-7(5-2)6-3;1-3-5-4-2;2-1-3;1-2;/h5-11H,3-4H2,1-2H3,(H,22,24);5-7H,3-4H2,1-2H3;5-7H,3-4,15H2,1-2H3;1-3H;1-4H;4-6H2,1-3H3;5H,3-4H2,1-2H3;1H2;2H,1H3;1H. The molecule has 99 heavy (non-hydrogen) atoms. The Morgan fingerprint density at radius 1 is 0.495 bits per heavy atom. The first-order chi connectivity index (χ1) is 45.9. The molecule has 0 saturated carbocycles. The number of amides is 1. The maximum absolute atomic E-state index is 13.0. The lowest BCUT2D eigenvalue weighted by atomic mass is 10.1. The van der Waals surface area contributed by atoms with Gasteiger partial charge in [0, 0.05) is 94.4 Å². The van der Waals surface area contributed by atoms with E-state index in [0.717, 1.165) is 56.6 Å². The number of nitrogen functional groups attached to an aromatic ring is 1.